The van der Waals surface area contributed by atoms with Gasteiger partial charge in [-0.3, -0.25) is 0 Å². The summed E-state index contributed by atoms with van der Waals surface area (Å²) in [6, 6.07) is 19.7. The lowest BCUT2D eigenvalue weighted by molar-refractivity contribution is 0.900. The predicted molar refractivity (Wildman–Crippen MR) is 70.6 cm³/mol. The second-order valence-corrected chi connectivity index (χ2v) is 5.37. The quantitative estimate of drug-likeness (QED) is 0.701. The van der Waals surface area contributed by atoms with Crippen molar-refractivity contribution in [3.05, 3.63) is 71.3 Å². The van der Waals surface area contributed by atoms with E-state index in [9.17, 15) is 0 Å². The summed E-state index contributed by atoms with van der Waals surface area (Å²) in [6.45, 7) is 0. The van der Waals surface area contributed by atoms with E-state index < -0.39 is 0 Å². The largest absolute Gasteiger partial charge is 0.149 e. The van der Waals surface area contributed by atoms with Gasteiger partial charge < -0.3 is 0 Å². The van der Waals surface area contributed by atoms with Crippen LogP contribution < -0.4 is 0 Å². The van der Waals surface area contributed by atoms with E-state index in [4.69, 9.17) is 0 Å². The third-order valence-electron chi connectivity index (χ3n) is 3.14. The number of benzene rings is 2. The van der Waals surface area contributed by atoms with E-state index in [0.29, 0.717) is 5.25 Å². The molecule has 0 fully saturated rings. The summed E-state index contributed by atoms with van der Waals surface area (Å²) in [6.07, 6.45) is 1.17. The van der Waals surface area contributed by atoms with Crippen molar-refractivity contribution in [3.63, 3.8) is 0 Å². The second kappa shape index (κ2) is 4.34. The van der Waals surface area contributed by atoms with Gasteiger partial charge in [0.05, 0.1) is 0 Å². The second-order valence-electron chi connectivity index (χ2n) is 4.18. The Balaban J connectivity index is 1.89. The zero-order valence-corrected chi connectivity index (χ0v) is 9.91. The van der Waals surface area contributed by atoms with Crippen molar-refractivity contribution in [3.8, 4) is 0 Å². The third-order valence-corrected chi connectivity index (χ3v) is 4.45. The molecule has 2 aromatic carbocycles. The highest BCUT2D eigenvalue weighted by atomic mass is 32.2. The Bertz CT molecular complexity index is 476. The molecule has 2 aromatic rings. The molecule has 0 aliphatic carbocycles. The van der Waals surface area contributed by atoms with Crippen LogP contribution in [0, 0.1) is 0 Å². The maximum Gasteiger partial charge on any atom is 0.0341 e. The first-order valence-electron chi connectivity index (χ1n) is 5.67. The van der Waals surface area contributed by atoms with Crippen LogP contribution >= 0.6 is 11.8 Å². The molecule has 0 amide bonds. The van der Waals surface area contributed by atoms with Crippen LogP contribution in [0.1, 0.15) is 21.9 Å². The van der Waals surface area contributed by atoms with E-state index in [-0.39, 0.29) is 0 Å². The molecule has 0 N–H and O–H groups in total. The molecule has 0 bridgehead atoms. The third kappa shape index (κ3) is 1.88. The standard InChI is InChI=1S/C15H14S/c1-2-6-12(7-3-1)15-10-13-8-4-5-9-14(13)11-16-15/h1-9,15H,10-11H2. The van der Waals surface area contributed by atoms with Gasteiger partial charge in [0, 0.05) is 11.0 Å². The summed E-state index contributed by atoms with van der Waals surface area (Å²) in [5.41, 5.74) is 4.50. The molecule has 1 heteroatoms. The highest BCUT2D eigenvalue weighted by molar-refractivity contribution is 7.98. The fraction of sp³-hybridized carbons (Fsp3) is 0.200. The number of thioether (sulfide) groups is 1. The minimum absolute atomic E-state index is 0.635. The van der Waals surface area contributed by atoms with E-state index in [2.05, 4.69) is 66.4 Å². The summed E-state index contributed by atoms with van der Waals surface area (Å²) in [5, 5.41) is 0.635. The molecule has 0 saturated heterocycles. The molecule has 3 rings (SSSR count). The molecule has 0 saturated carbocycles. The molecule has 1 aliphatic rings. The highest BCUT2D eigenvalue weighted by Gasteiger charge is 2.19. The lowest BCUT2D eigenvalue weighted by Crippen LogP contribution is -2.07. The topological polar surface area (TPSA) is 0 Å². The first kappa shape index (κ1) is 9.98. The van der Waals surface area contributed by atoms with Gasteiger partial charge in [0.1, 0.15) is 0 Å². The number of hydrogen-bond acceptors (Lipinski definition) is 1. The molecule has 0 radical (unpaired) electrons. The summed E-state index contributed by atoms with van der Waals surface area (Å²) < 4.78 is 0. The number of hydrogen-bond donors (Lipinski definition) is 0. The van der Waals surface area contributed by atoms with Gasteiger partial charge in [0.25, 0.3) is 0 Å². The Labute approximate surface area is 101 Å². The molecular weight excluding hydrogens is 212 g/mol. The molecule has 0 aromatic heterocycles. The number of rotatable bonds is 1. The van der Waals surface area contributed by atoms with Gasteiger partial charge in [-0.05, 0) is 23.1 Å². The van der Waals surface area contributed by atoms with Crippen LogP contribution in [0.3, 0.4) is 0 Å². The minimum atomic E-state index is 0.635. The highest BCUT2D eigenvalue weighted by Crippen LogP contribution is 2.39. The summed E-state index contributed by atoms with van der Waals surface area (Å²) >= 11 is 2.06. The fourth-order valence-corrected chi connectivity index (χ4v) is 3.54. The first-order valence-corrected chi connectivity index (χ1v) is 6.72. The van der Waals surface area contributed by atoms with Gasteiger partial charge in [-0.15, -0.1) is 11.8 Å². The van der Waals surface area contributed by atoms with Crippen LogP contribution in [0.25, 0.3) is 0 Å². The van der Waals surface area contributed by atoms with Crippen LogP contribution in [0.2, 0.25) is 0 Å². The molecule has 0 spiro atoms. The zero-order valence-electron chi connectivity index (χ0n) is 9.10. The fourth-order valence-electron chi connectivity index (χ4n) is 2.23. The minimum Gasteiger partial charge on any atom is -0.149 e. The maximum absolute atomic E-state index is 2.27. The molecule has 1 unspecified atom stereocenters. The van der Waals surface area contributed by atoms with Crippen LogP contribution in [0.15, 0.2) is 54.6 Å². The summed E-state index contributed by atoms with van der Waals surface area (Å²) in [7, 11) is 0. The molecular formula is C15H14S. The number of fused-ring (bicyclic) bond motifs is 1. The zero-order chi connectivity index (χ0) is 10.8. The van der Waals surface area contributed by atoms with Crippen LogP contribution in [0.5, 0.6) is 0 Å². The van der Waals surface area contributed by atoms with E-state index in [0.717, 1.165) is 5.75 Å². The van der Waals surface area contributed by atoms with Gasteiger partial charge in [-0.2, -0.15) is 0 Å². The van der Waals surface area contributed by atoms with Gasteiger partial charge in [-0.25, -0.2) is 0 Å². The lowest BCUT2D eigenvalue weighted by Gasteiger charge is -2.24. The van der Waals surface area contributed by atoms with E-state index in [1.807, 2.05) is 0 Å². The van der Waals surface area contributed by atoms with Crippen molar-refractivity contribution in [2.75, 3.05) is 0 Å². The monoisotopic (exact) mass is 226 g/mol. The Morgan fingerprint density at radius 2 is 1.50 bits per heavy atom. The summed E-state index contributed by atoms with van der Waals surface area (Å²) in [5.74, 6) is 1.15. The average Bonchev–Trinajstić information content (AvgIpc) is 2.39. The molecule has 80 valence electrons. The van der Waals surface area contributed by atoms with Crippen molar-refractivity contribution in [1.29, 1.82) is 0 Å². The Kier molecular flexibility index (Phi) is 2.71. The maximum atomic E-state index is 2.27. The Hall–Kier alpha value is -1.21. The van der Waals surface area contributed by atoms with E-state index in [1.54, 1.807) is 0 Å². The van der Waals surface area contributed by atoms with Gasteiger partial charge >= 0.3 is 0 Å². The van der Waals surface area contributed by atoms with Crippen molar-refractivity contribution in [2.24, 2.45) is 0 Å². The molecule has 1 atom stereocenters. The first-order chi connectivity index (χ1) is 7.93. The Morgan fingerprint density at radius 3 is 2.31 bits per heavy atom. The average molecular weight is 226 g/mol. The molecule has 1 aliphatic heterocycles. The van der Waals surface area contributed by atoms with Gasteiger partial charge in [0.15, 0.2) is 0 Å². The molecule has 0 nitrogen and oxygen atoms in total. The Morgan fingerprint density at radius 1 is 0.812 bits per heavy atom. The molecule has 16 heavy (non-hydrogen) atoms. The van der Waals surface area contributed by atoms with Crippen molar-refractivity contribution in [1.82, 2.24) is 0 Å². The van der Waals surface area contributed by atoms with Crippen LogP contribution in [0.4, 0.5) is 0 Å². The smallest absolute Gasteiger partial charge is 0.0341 e. The lowest BCUT2D eigenvalue weighted by atomic mass is 9.99. The predicted octanol–water partition coefficient (Wildman–Crippen LogP) is 4.22. The van der Waals surface area contributed by atoms with Crippen molar-refractivity contribution in [2.45, 2.75) is 17.4 Å². The van der Waals surface area contributed by atoms with E-state index in [1.165, 1.54) is 23.1 Å². The van der Waals surface area contributed by atoms with Crippen LogP contribution in [-0.2, 0) is 12.2 Å². The normalized spacial score (nSPS) is 19.1. The van der Waals surface area contributed by atoms with Gasteiger partial charge in [-0.1, -0.05) is 54.6 Å². The molecule has 1 heterocycles. The SMILES string of the molecule is c1ccc(C2Cc3ccccc3CS2)cc1. The van der Waals surface area contributed by atoms with Crippen molar-refractivity contribution < 1.29 is 0 Å². The van der Waals surface area contributed by atoms with Crippen LogP contribution in [-0.4, -0.2) is 0 Å². The van der Waals surface area contributed by atoms with Gasteiger partial charge in [0.2, 0.25) is 0 Å². The van der Waals surface area contributed by atoms with Crippen molar-refractivity contribution >= 4 is 11.8 Å². The summed E-state index contributed by atoms with van der Waals surface area (Å²) in [4.78, 5) is 0. The van der Waals surface area contributed by atoms with E-state index >= 15 is 0 Å².